The van der Waals surface area contributed by atoms with Gasteiger partial charge in [-0.2, -0.15) is 5.26 Å². The van der Waals surface area contributed by atoms with E-state index in [0.717, 1.165) is 99.8 Å². The molecular formula is C84H97N5O2S. The first kappa shape index (κ1) is 66.8. The number of rotatable bonds is 7. The third kappa shape index (κ3) is 13.7. The van der Waals surface area contributed by atoms with E-state index >= 15 is 0 Å². The standard InChI is InChI=1S/C84H97N5O2S/c1-77(2,3)53-33-48(34-54(42-53)78(4,5)6)71-63-26-27-64(86-63)72(49-35-55(79(7,8)9)43-56(36-49)80(10,11)12)66-30-31-68(88-66)74(51-39-59(83(19,20)21)45-60(40-51)84(22,23)24)75-62(70-32-25-61(92-70)41-52(47-85)76(90)91)46-69(89-75)73(67-29-28-65(71)87-67)50-37-57(81(13,14)15)44-58(38-50)82(16,17)18/h25-46,87-88H,1-24H3,(H,90,91)/b52-41+,71-63?,71-65?,72-64?,72-66?,73-67?,73-69?,74-68?,75-74?. The minimum atomic E-state index is -1.27. The highest BCUT2D eigenvalue weighted by atomic mass is 32.1. The molecule has 4 aromatic carbocycles. The van der Waals surface area contributed by atoms with Crippen molar-refractivity contribution in [1.29, 1.82) is 5.26 Å². The van der Waals surface area contributed by atoms with Gasteiger partial charge in [0.2, 0.25) is 0 Å². The van der Waals surface area contributed by atoms with Crippen LogP contribution in [0.2, 0.25) is 0 Å². The predicted octanol–water partition coefficient (Wildman–Crippen LogP) is 23.2. The quantitative estimate of drug-likeness (QED) is 0.109. The molecular weight excluding hydrogens is 1140 g/mol. The maximum Gasteiger partial charge on any atom is 0.346 e. The average Bonchev–Trinajstić information content (AvgIpc) is 1.54. The fourth-order valence-electron chi connectivity index (χ4n) is 12.1. The van der Waals surface area contributed by atoms with Gasteiger partial charge in [-0.05, 0) is 171 Å². The number of hydrogen-bond acceptors (Lipinski definition) is 5. The second-order valence-electron chi connectivity index (χ2n) is 34.1. The molecule has 4 aromatic heterocycles. The van der Waals surface area contributed by atoms with Crippen LogP contribution in [0.1, 0.15) is 243 Å². The molecule has 0 aliphatic carbocycles. The van der Waals surface area contributed by atoms with Gasteiger partial charge in [0, 0.05) is 59.6 Å². The van der Waals surface area contributed by atoms with Crippen molar-refractivity contribution in [1.82, 2.24) is 19.9 Å². The van der Waals surface area contributed by atoms with Gasteiger partial charge >= 0.3 is 5.97 Å². The zero-order valence-corrected chi connectivity index (χ0v) is 60.1. The molecule has 3 N–H and O–H groups in total. The number of carboxylic acids is 1. The van der Waals surface area contributed by atoms with Gasteiger partial charge in [-0.25, -0.2) is 14.8 Å². The molecule has 2 aliphatic rings. The van der Waals surface area contributed by atoms with Crippen molar-refractivity contribution in [2.75, 3.05) is 0 Å². The number of carboxylic acid groups (broad SMARTS) is 1. The number of aromatic amines is 2. The van der Waals surface area contributed by atoms with E-state index in [-0.39, 0.29) is 48.9 Å². The number of aromatic nitrogens is 4. The molecule has 92 heavy (non-hydrogen) atoms. The molecule has 0 saturated heterocycles. The predicted molar refractivity (Wildman–Crippen MR) is 394 cm³/mol. The Labute approximate surface area is 553 Å². The molecule has 0 spiro atoms. The molecule has 8 bridgehead atoms. The molecule has 8 aromatic rings. The lowest BCUT2D eigenvalue weighted by Gasteiger charge is -2.26. The Morgan fingerprint density at radius 2 is 0.707 bits per heavy atom. The molecule has 0 amide bonds. The second-order valence-corrected chi connectivity index (χ2v) is 35.2. The van der Waals surface area contributed by atoms with E-state index in [0.29, 0.717) is 4.88 Å². The summed E-state index contributed by atoms with van der Waals surface area (Å²) in [4.78, 5) is 34.3. The van der Waals surface area contributed by atoms with Gasteiger partial charge in [-0.3, -0.25) is 0 Å². The number of fused-ring (bicyclic) bond motifs is 8. The molecule has 0 radical (unpaired) electrons. The van der Waals surface area contributed by atoms with Crippen LogP contribution < -0.4 is 0 Å². The van der Waals surface area contributed by atoms with Crippen LogP contribution >= 0.6 is 11.3 Å². The molecule has 0 saturated carbocycles. The molecule has 0 atom stereocenters. The van der Waals surface area contributed by atoms with Gasteiger partial charge in [0.05, 0.1) is 22.8 Å². The first-order valence-corrected chi connectivity index (χ1v) is 33.5. The number of nitrogens with zero attached hydrogens (tertiary/aromatic N) is 3. The number of H-pyrrole nitrogens is 2. The zero-order chi connectivity index (χ0) is 67.5. The molecule has 8 heteroatoms. The third-order valence-electron chi connectivity index (χ3n) is 18.2. The van der Waals surface area contributed by atoms with E-state index in [2.05, 4.69) is 291 Å². The Kier molecular flexibility index (Phi) is 16.8. The Morgan fingerprint density at radius 3 is 1.00 bits per heavy atom. The summed E-state index contributed by atoms with van der Waals surface area (Å²) in [5, 5.41) is 20.2. The van der Waals surface area contributed by atoms with E-state index < -0.39 is 5.97 Å². The van der Waals surface area contributed by atoms with E-state index in [1.54, 1.807) is 0 Å². The Bertz CT molecular complexity index is 4480. The fraction of sp³-hybridized carbons (Fsp3) is 0.381. The molecule has 6 heterocycles. The summed E-state index contributed by atoms with van der Waals surface area (Å²) in [6.07, 6.45) is 8.16. The number of benzene rings is 4. The first-order chi connectivity index (χ1) is 42.4. The van der Waals surface area contributed by atoms with E-state index in [1.807, 2.05) is 18.2 Å². The van der Waals surface area contributed by atoms with Gasteiger partial charge in [0.15, 0.2) is 0 Å². The van der Waals surface area contributed by atoms with Crippen LogP contribution in [0.5, 0.6) is 0 Å². The van der Waals surface area contributed by atoms with E-state index in [9.17, 15) is 15.2 Å². The molecule has 0 unspecified atom stereocenters. The van der Waals surface area contributed by atoms with Crippen LogP contribution in [0, 0.1) is 11.3 Å². The van der Waals surface area contributed by atoms with Crippen molar-refractivity contribution < 1.29 is 9.90 Å². The second kappa shape index (κ2) is 23.2. The number of thiophene rings is 1. The average molecular weight is 1240 g/mol. The molecule has 2 aliphatic heterocycles. The lowest BCUT2D eigenvalue weighted by atomic mass is 9.78. The lowest BCUT2D eigenvalue weighted by molar-refractivity contribution is -0.132. The summed E-state index contributed by atoms with van der Waals surface area (Å²) in [6, 6.07) is 43.3. The van der Waals surface area contributed by atoms with Gasteiger partial charge < -0.3 is 15.1 Å². The number of nitriles is 1. The topological polar surface area (TPSA) is 118 Å². The zero-order valence-electron chi connectivity index (χ0n) is 59.3. The highest BCUT2D eigenvalue weighted by Crippen LogP contribution is 2.48. The summed E-state index contributed by atoms with van der Waals surface area (Å²) in [5.41, 5.74) is 23.6. The summed E-state index contributed by atoms with van der Waals surface area (Å²) < 4.78 is 0. The van der Waals surface area contributed by atoms with Gasteiger partial charge in [-0.1, -0.05) is 239 Å². The van der Waals surface area contributed by atoms with Crippen LogP contribution in [0.3, 0.4) is 0 Å². The van der Waals surface area contributed by atoms with Crippen molar-refractivity contribution in [2.24, 2.45) is 0 Å². The molecule has 0 fully saturated rings. The SMILES string of the molecule is CC(C)(C)c1cc(-c2c3nc(c(-c4cc(C(C)(C)C)cc(C(C)(C)C)c4)c4ccc([nH]4)c(-c4cc(C(C)(C)C)cc(C(C)(C)C)c4)c4nc(c(-c5cc(C(C)(C)C)cc(C(C)(C)C)c5)c5ccc2[nH]5)C=C4c2ccc(/C=C(\C#N)C(=O)O)s2)C=C3)cc(C(C)(C)C)c1. The van der Waals surface area contributed by atoms with Gasteiger partial charge in [0.25, 0.3) is 0 Å². The van der Waals surface area contributed by atoms with Crippen LogP contribution in [-0.2, 0) is 48.1 Å². The summed E-state index contributed by atoms with van der Waals surface area (Å²) >= 11 is 1.45. The third-order valence-corrected chi connectivity index (χ3v) is 19.3. The first-order valence-electron chi connectivity index (χ1n) is 32.7. The monoisotopic (exact) mass is 1240 g/mol. The lowest BCUT2D eigenvalue weighted by Crippen LogP contribution is -2.16. The number of hydrogen-bond donors (Lipinski definition) is 3. The molecule has 476 valence electrons. The van der Waals surface area contributed by atoms with Crippen LogP contribution in [0.25, 0.3) is 96.5 Å². The Morgan fingerprint density at radius 1 is 0.413 bits per heavy atom. The Balaban J connectivity index is 1.53. The van der Waals surface area contributed by atoms with Crippen LogP contribution in [-0.4, -0.2) is 31.0 Å². The van der Waals surface area contributed by atoms with E-state index in [4.69, 9.17) is 9.97 Å². The van der Waals surface area contributed by atoms with Gasteiger partial charge in [0.1, 0.15) is 11.6 Å². The highest BCUT2D eigenvalue weighted by Gasteiger charge is 2.31. The maximum absolute atomic E-state index is 12.4. The van der Waals surface area contributed by atoms with E-state index in [1.165, 1.54) is 61.9 Å². The summed E-state index contributed by atoms with van der Waals surface area (Å²) in [6.45, 7) is 55.0. The van der Waals surface area contributed by atoms with Crippen molar-refractivity contribution >= 4 is 69.3 Å². The summed E-state index contributed by atoms with van der Waals surface area (Å²) in [5.74, 6) is -1.27. The number of nitrogens with one attached hydrogen (secondary N) is 2. The highest BCUT2D eigenvalue weighted by molar-refractivity contribution is 7.14. The largest absolute Gasteiger partial charge is 0.477 e. The van der Waals surface area contributed by atoms with Gasteiger partial charge in [-0.15, -0.1) is 11.3 Å². The normalized spacial score (nSPS) is 13.8. The smallest absolute Gasteiger partial charge is 0.346 e. The number of carbonyl (C=O) groups is 1. The minimum Gasteiger partial charge on any atom is -0.477 e. The van der Waals surface area contributed by atoms with Crippen LogP contribution in [0.4, 0.5) is 0 Å². The Hall–Kier alpha value is -8.12. The maximum atomic E-state index is 12.4. The van der Waals surface area contributed by atoms with Crippen molar-refractivity contribution in [3.8, 4) is 50.6 Å². The minimum absolute atomic E-state index is 0.162. The van der Waals surface area contributed by atoms with Crippen molar-refractivity contribution in [2.45, 2.75) is 209 Å². The molecule has 10 rings (SSSR count). The molecule has 7 nitrogen and oxygen atoms in total. The fourth-order valence-corrected chi connectivity index (χ4v) is 13.1. The van der Waals surface area contributed by atoms with Crippen molar-refractivity contribution in [3.05, 3.63) is 192 Å². The van der Waals surface area contributed by atoms with Crippen molar-refractivity contribution in [3.63, 3.8) is 0 Å². The van der Waals surface area contributed by atoms with Crippen LogP contribution in [0.15, 0.2) is 115 Å². The summed E-state index contributed by atoms with van der Waals surface area (Å²) in [7, 11) is 0. The number of aliphatic carboxylic acids is 1.